The molecule has 0 fully saturated rings. The van der Waals surface area contributed by atoms with Gasteiger partial charge in [-0.25, -0.2) is 0 Å². The Labute approximate surface area is 172 Å². The summed E-state index contributed by atoms with van der Waals surface area (Å²) in [5.41, 5.74) is 7.90. The molecule has 0 unspecified atom stereocenters. The number of nitriles is 1. The second kappa shape index (κ2) is 6.62. The lowest BCUT2D eigenvalue weighted by molar-refractivity contribution is 1.29. The van der Waals surface area contributed by atoms with Crippen molar-refractivity contribution < 1.29 is 0 Å². The van der Waals surface area contributed by atoms with E-state index in [0.29, 0.717) is 0 Å². The van der Waals surface area contributed by atoms with Crippen molar-refractivity contribution in [3.8, 4) is 39.6 Å². The molecule has 0 aliphatic carbocycles. The summed E-state index contributed by atoms with van der Waals surface area (Å²) >= 11 is 0. The second-order valence-corrected chi connectivity index (χ2v) is 11.1. The van der Waals surface area contributed by atoms with E-state index in [2.05, 4.69) is 78.2 Å². The Morgan fingerprint density at radius 1 is 0.793 bits per heavy atom. The molecule has 2 nitrogen and oxygen atoms in total. The maximum atomic E-state index is 9.47. The molecule has 0 saturated heterocycles. The Kier molecular flexibility index (Phi) is 4.04. The molecule has 29 heavy (non-hydrogen) atoms. The molecule has 0 atom stereocenters. The van der Waals surface area contributed by atoms with Crippen LogP contribution in [0.1, 0.15) is 5.56 Å². The number of nitrogens with zero attached hydrogens (tertiary/aromatic N) is 2. The van der Waals surface area contributed by atoms with Crippen LogP contribution in [0.2, 0.25) is 0 Å². The van der Waals surface area contributed by atoms with Gasteiger partial charge >= 0.3 is 0 Å². The van der Waals surface area contributed by atoms with E-state index in [9.17, 15) is 5.26 Å². The van der Waals surface area contributed by atoms with Crippen LogP contribution in [0, 0.1) is 11.3 Å². The predicted molar refractivity (Wildman–Crippen MR) is 121 cm³/mol. The molecule has 1 aliphatic rings. The summed E-state index contributed by atoms with van der Waals surface area (Å²) in [6.07, 6.45) is 6.52. The summed E-state index contributed by atoms with van der Waals surface area (Å²) in [5.74, 6) is 0. The standard InChI is InChI=1S/C26H20N2S/c1-29(2)24-16-18(17-27)11-12-22(24)25-20(19-8-4-3-5-9-19)13-14-21(26(25)29)23-10-6-7-15-28-23/h3-16H,1-2H3. The third-order valence-electron chi connectivity index (χ3n) is 5.62. The Hall–Kier alpha value is -3.35. The van der Waals surface area contributed by atoms with Gasteiger partial charge in [-0.2, -0.15) is 15.3 Å². The molecule has 5 rings (SSSR count). The average molecular weight is 393 g/mol. The van der Waals surface area contributed by atoms with Crippen molar-refractivity contribution in [2.24, 2.45) is 0 Å². The first-order valence-corrected chi connectivity index (χ1v) is 12.0. The largest absolute Gasteiger partial charge is 0.256 e. The zero-order valence-corrected chi connectivity index (χ0v) is 17.2. The van der Waals surface area contributed by atoms with Crippen LogP contribution in [-0.2, 0) is 0 Å². The molecule has 0 spiro atoms. The van der Waals surface area contributed by atoms with Gasteiger partial charge in [0.2, 0.25) is 0 Å². The van der Waals surface area contributed by atoms with Crippen LogP contribution >= 0.6 is 10.0 Å². The van der Waals surface area contributed by atoms with Crippen LogP contribution in [0.25, 0.3) is 33.5 Å². The molecule has 0 N–H and O–H groups in total. The van der Waals surface area contributed by atoms with Crippen LogP contribution in [0.3, 0.4) is 0 Å². The molecule has 1 aromatic heterocycles. The normalized spacial score (nSPS) is 14.5. The molecule has 3 aromatic carbocycles. The highest BCUT2D eigenvalue weighted by Gasteiger charge is 2.36. The Morgan fingerprint density at radius 2 is 1.52 bits per heavy atom. The lowest BCUT2D eigenvalue weighted by Gasteiger charge is -2.30. The number of fused-ring (bicyclic) bond motifs is 3. The molecule has 0 amide bonds. The molecule has 2 heterocycles. The van der Waals surface area contributed by atoms with E-state index < -0.39 is 10.0 Å². The first-order chi connectivity index (χ1) is 14.1. The predicted octanol–water partition coefficient (Wildman–Crippen LogP) is 6.75. The lowest BCUT2D eigenvalue weighted by atomic mass is 9.91. The SMILES string of the molecule is CS1(C)c2cc(C#N)ccc2-c2c(-c3ccccc3)ccc(-c3ccccn3)c21. The highest BCUT2D eigenvalue weighted by atomic mass is 32.3. The molecule has 3 heteroatoms. The zero-order chi connectivity index (χ0) is 20.0. The van der Waals surface area contributed by atoms with Crippen molar-refractivity contribution in [2.45, 2.75) is 9.79 Å². The van der Waals surface area contributed by atoms with E-state index >= 15 is 0 Å². The van der Waals surface area contributed by atoms with Crippen molar-refractivity contribution in [3.63, 3.8) is 0 Å². The van der Waals surface area contributed by atoms with Crippen LogP contribution in [0.4, 0.5) is 0 Å². The Balaban J connectivity index is 1.89. The fourth-order valence-corrected chi connectivity index (χ4v) is 7.11. The smallest absolute Gasteiger partial charge is 0.0992 e. The summed E-state index contributed by atoms with van der Waals surface area (Å²) in [7, 11) is -1.30. The first kappa shape index (κ1) is 17.7. The van der Waals surface area contributed by atoms with Gasteiger partial charge in [0.05, 0.1) is 17.3 Å². The number of pyridine rings is 1. The van der Waals surface area contributed by atoms with Gasteiger partial charge in [0.1, 0.15) is 0 Å². The van der Waals surface area contributed by atoms with Crippen molar-refractivity contribution >= 4 is 10.0 Å². The first-order valence-electron chi connectivity index (χ1n) is 9.53. The van der Waals surface area contributed by atoms with E-state index in [4.69, 9.17) is 0 Å². The molecule has 1 aliphatic heterocycles. The van der Waals surface area contributed by atoms with Crippen molar-refractivity contribution in [1.29, 1.82) is 5.26 Å². The molecule has 0 bridgehead atoms. The highest BCUT2D eigenvalue weighted by molar-refractivity contribution is 8.33. The third-order valence-corrected chi connectivity index (χ3v) is 8.51. The van der Waals surface area contributed by atoms with E-state index in [0.717, 1.165) is 11.3 Å². The number of hydrogen-bond donors (Lipinski definition) is 0. The topological polar surface area (TPSA) is 36.7 Å². The maximum absolute atomic E-state index is 9.47. The van der Waals surface area contributed by atoms with Crippen LogP contribution in [-0.4, -0.2) is 17.5 Å². The molecule has 140 valence electrons. The quantitative estimate of drug-likeness (QED) is 0.378. The number of rotatable bonds is 2. The van der Waals surface area contributed by atoms with Crippen LogP contribution in [0.5, 0.6) is 0 Å². The summed E-state index contributed by atoms with van der Waals surface area (Å²) < 4.78 is 0. The number of aromatic nitrogens is 1. The third kappa shape index (κ3) is 2.68. The minimum atomic E-state index is -1.30. The van der Waals surface area contributed by atoms with Gasteiger partial charge in [-0.3, -0.25) is 4.98 Å². The Bertz CT molecular complexity index is 1270. The van der Waals surface area contributed by atoms with Crippen molar-refractivity contribution in [2.75, 3.05) is 12.5 Å². The maximum Gasteiger partial charge on any atom is 0.0992 e. The number of hydrogen-bond acceptors (Lipinski definition) is 2. The summed E-state index contributed by atoms with van der Waals surface area (Å²) in [6.45, 7) is 0. The molecular weight excluding hydrogens is 372 g/mol. The fourth-order valence-electron chi connectivity index (χ4n) is 4.29. The van der Waals surface area contributed by atoms with Crippen LogP contribution < -0.4 is 0 Å². The average Bonchev–Trinajstić information content (AvgIpc) is 3.01. The van der Waals surface area contributed by atoms with Gasteiger partial charge in [0.15, 0.2) is 0 Å². The van der Waals surface area contributed by atoms with Gasteiger partial charge < -0.3 is 0 Å². The zero-order valence-electron chi connectivity index (χ0n) is 16.4. The van der Waals surface area contributed by atoms with E-state index in [1.54, 1.807) is 0 Å². The van der Waals surface area contributed by atoms with E-state index in [1.807, 2.05) is 30.5 Å². The lowest BCUT2D eigenvalue weighted by Crippen LogP contribution is -1.97. The molecular formula is C26H20N2S. The molecule has 4 aromatic rings. The van der Waals surface area contributed by atoms with Gasteiger partial charge in [-0.15, -0.1) is 0 Å². The Morgan fingerprint density at radius 3 is 2.24 bits per heavy atom. The van der Waals surface area contributed by atoms with Gasteiger partial charge in [0, 0.05) is 27.1 Å². The van der Waals surface area contributed by atoms with Gasteiger partial charge in [-0.1, -0.05) is 54.6 Å². The van der Waals surface area contributed by atoms with Crippen molar-refractivity contribution in [3.05, 3.63) is 90.6 Å². The number of benzene rings is 3. The summed E-state index contributed by atoms with van der Waals surface area (Å²) in [5, 5.41) is 9.47. The molecule has 0 saturated carbocycles. The van der Waals surface area contributed by atoms with E-state index in [-0.39, 0.29) is 0 Å². The van der Waals surface area contributed by atoms with Gasteiger partial charge in [-0.05, 0) is 53.5 Å². The fraction of sp³-hybridized carbons (Fsp3) is 0.0769. The minimum absolute atomic E-state index is 0.720. The van der Waals surface area contributed by atoms with E-state index in [1.165, 1.54) is 37.6 Å². The van der Waals surface area contributed by atoms with Crippen LogP contribution in [0.15, 0.2) is 94.9 Å². The summed E-state index contributed by atoms with van der Waals surface area (Å²) in [4.78, 5) is 7.30. The monoisotopic (exact) mass is 392 g/mol. The highest BCUT2D eigenvalue weighted by Crippen LogP contribution is 2.70. The van der Waals surface area contributed by atoms with Crippen molar-refractivity contribution in [1.82, 2.24) is 4.98 Å². The molecule has 0 radical (unpaired) electrons. The minimum Gasteiger partial charge on any atom is -0.256 e. The summed E-state index contributed by atoms with van der Waals surface area (Å²) in [6, 6.07) is 29.5. The second-order valence-electron chi connectivity index (χ2n) is 7.60. The van der Waals surface area contributed by atoms with Gasteiger partial charge in [0.25, 0.3) is 0 Å².